The lowest BCUT2D eigenvalue weighted by atomic mass is 9.89. The summed E-state index contributed by atoms with van der Waals surface area (Å²) in [5.41, 5.74) is 6.55. The fraction of sp³-hybridized carbons (Fsp3) is 1.00. The first-order chi connectivity index (χ1) is 9.36. The highest BCUT2D eigenvalue weighted by molar-refractivity contribution is 4.94. The van der Waals surface area contributed by atoms with Gasteiger partial charge in [0.2, 0.25) is 0 Å². The van der Waals surface area contributed by atoms with Crippen LogP contribution in [0.25, 0.3) is 0 Å². The molecule has 0 bridgehead atoms. The summed E-state index contributed by atoms with van der Waals surface area (Å²) in [6, 6.07) is 2.04. The third-order valence-corrected chi connectivity index (χ3v) is 5.99. The van der Waals surface area contributed by atoms with Crippen LogP contribution in [-0.4, -0.2) is 29.6 Å². The molecule has 19 heavy (non-hydrogen) atoms. The van der Waals surface area contributed by atoms with Crippen molar-refractivity contribution < 1.29 is 0 Å². The molecule has 0 aromatic heterocycles. The molecule has 1 saturated heterocycles. The Kier molecular flexibility index (Phi) is 4.81. The predicted molar refractivity (Wildman–Crippen MR) is 81.2 cm³/mol. The summed E-state index contributed by atoms with van der Waals surface area (Å²) in [6.45, 7) is 1.33. The normalized spacial score (nSPS) is 39.3. The molecule has 1 heterocycles. The summed E-state index contributed by atoms with van der Waals surface area (Å²) in [7, 11) is 0. The van der Waals surface area contributed by atoms with Crippen LogP contribution in [0.3, 0.4) is 0 Å². The van der Waals surface area contributed by atoms with E-state index in [-0.39, 0.29) is 0 Å². The van der Waals surface area contributed by atoms with Crippen LogP contribution in [-0.2, 0) is 0 Å². The molecule has 3 aliphatic rings. The molecule has 2 aliphatic carbocycles. The van der Waals surface area contributed by atoms with Gasteiger partial charge in [0.15, 0.2) is 0 Å². The van der Waals surface area contributed by atoms with E-state index in [1.54, 1.807) is 0 Å². The maximum absolute atomic E-state index is 6.55. The maximum Gasteiger partial charge on any atom is 0.0250 e. The molecule has 0 spiro atoms. The molecule has 0 aromatic carbocycles. The molecule has 3 atom stereocenters. The Morgan fingerprint density at radius 2 is 1.26 bits per heavy atom. The fourth-order valence-electron chi connectivity index (χ4n) is 4.98. The highest BCUT2D eigenvalue weighted by atomic mass is 15.2. The van der Waals surface area contributed by atoms with E-state index in [0.29, 0.717) is 12.1 Å². The number of hydrogen-bond donors (Lipinski definition) is 1. The first-order valence-electron chi connectivity index (χ1n) is 8.87. The first kappa shape index (κ1) is 13.9. The number of likely N-dealkylation sites (tertiary alicyclic amines) is 1. The van der Waals surface area contributed by atoms with Gasteiger partial charge < -0.3 is 5.73 Å². The monoisotopic (exact) mass is 264 g/mol. The topological polar surface area (TPSA) is 29.3 Å². The van der Waals surface area contributed by atoms with Crippen LogP contribution in [0.15, 0.2) is 0 Å². The minimum atomic E-state index is 0.447. The van der Waals surface area contributed by atoms with Gasteiger partial charge in [-0.05, 0) is 51.0 Å². The quantitative estimate of drug-likeness (QED) is 0.824. The molecule has 0 radical (unpaired) electrons. The van der Waals surface area contributed by atoms with E-state index in [1.807, 2.05) is 0 Å². The summed E-state index contributed by atoms with van der Waals surface area (Å²) in [4.78, 5) is 2.87. The van der Waals surface area contributed by atoms with Gasteiger partial charge in [-0.1, -0.05) is 38.5 Å². The summed E-state index contributed by atoms with van der Waals surface area (Å²) in [6.07, 6.45) is 17.1. The van der Waals surface area contributed by atoms with E-state index in [9.17, 15) is 0 Å². The molecule has 2 heteroatoms. The van der Waals surface area contributed by atoms with Crippen LogP contribution in [0.2, 0.25) is 0 Å². The predicted octanol–water partition coefficient (Wildman–Crippen LogP) is 3.69. The lowest BCUT2D eigenvalue weighted by molar-refractivity contribution is 0.102. The Morgan fingerprint density at radius 3 is 2.05 bits per heavy atom. The minimum Gasteiger partial charge on any atom is -0.326 e. The van der Waals surface area contributed by atoms with Crippen LogP contribution in [0.4, 0.5) is 0 Å². The highest BCUT2D eigenvalue weighted by Gasteiger charge is 2.38. The van der Waals surface area contributed by atoms with Crippen LogP contribution in [0.1, 0.15) is 77.0 Å². The lowest BCUT2D eigenvalue weighted by Crippen LogP contribution is -2.51. The van der Waals surface area contributed by atoms with Gasteiger partial charge in [-0.15, -0.1) is 0 Å². The summed E-state index contributed by atoms with van der Waals surface area (Å²) in [5, 5.41) is 0. The van der Waals surface area contributed by atoms with Crippen LogP contribution in [0, 0.1) is 5.92 Å². The van der Waals surface area contributed by atoms with E-state index in [2.05, 4.69) is 4.90 Å². The van der Waals surface area contributed by atoms with Gasteiger partial charge >= 0.3 is 0 Å². The van der Waals surface area contributed by atoms with Crippen molar-refractivity contribution in [3.63, 3.8) is 0 Å². The fourth-order valence-corrected chi connectivity index (χ4v) is 4.98. The molecule has 2 nitrogen and oxygen atoms in total. The Balaban J connectivity index is 1.66. The van der Waals surface area contributed by atoms with Gasteiger partial charge in [0.1, 0.15) is 0 Å². The number of hydrogen-bond acceptors (Lipinski definition) is 2. The molecule has 3 unspecified atom stereocenters. The second kappa shape index (κ2) is 6.58. The van der Waals surface area contributed by atoms with Crippen molar-refractivity contribution in [1.82, 2.24) is 4.90 Å². The molecule has 2 N–H and O–H groups in total. The van der Waals surface area contributed by atoms with Gasteiger partial charge in [-0.25, -0.2) is 0 Å². The van der Waals surface area contributed by atoms with Crippen molar-refractivity contribution in [2.24, 2.45) is 11.7 Å². The van der Waals surface area contributed by atoms with E-state index in [1.165, 1.54) is 83.6 Å². The average molecular weight is 264 g/mol. The minimum absolute atomic E-state index is 0.447. The van der Waals surface area contributed by atoms with Crippen molar-refractivity contribution in [2.45, 2.75) is 95.2 Å². The van der Waals surface area contributed by atoms with Crippen molar-refractivity contribution >= 4 is 0 Å². The van der Waals surface area contributed by atoms with Crippen molar-refractivity contribution in [3.8, 4) is 0 Å². The van der Waals surface area contributed by atoms with Crippen molar-refractivity contribution in [2.75, 3.05) is 6.54 Å². The summed E-state index contributed by atoms with van der Waals surface area (Å²) >= 11 is 0. The highest BCUT2D eigenvalue weighted by Crippen LogP contribution is 2.38. The Morgan fingerprint density at radius 1 is 0.632 bits per heavy atom. The molecule has 3 rings (SSSR count). The van der Waals surface area contributed by atoms with Gasteiger partial charge in [0, 0.05) is 18.1 Å². The van der Waals surface area contributed by atoms with E-state index in [0.717, 1.165) is 12.0 Å². The zero-order valence-electron chi connectivity index (χ0n) is 12.5. The maximum atomic E-state index is 6.55. The van der Waals surface area contributed by atoms with Crippen LogP contribution >= 0.6 is 0 Å². The third-order valence-electron chi connectivity index (χ3n) is 5.99. The summed E-state index contributed by atoms with van der Waals surface area (Å²) < 4.78 is 0. The third kappa shape index (κ3) is 3.16. The van der Waals surface area contributed by atoms with Gasteiger partial charge in [-0.2, -0.15) is 0 Å². The number of rotatable bonds is 2. The lowest BCUT2D eigenvalue weighted by Gasteiger charge is -2.40. The zero-order chi connectivity index (χ0) is 13.1. The van der Waals surface area contributed by atoms with Crippen molar-refractivity contribution in [1.29, 1.82) is 0 Å². The van der Waals surface area contributed by atoms with Crippen molar-refractivity contribution in [3.05, 3.63) is 0 Å². The largest absolute Gasteiger partial charge is 0.326 e. The molecule has 3 fully saturated rings. The molecule has 2 saturated carbocycles. The summed E-state index contributed by atoms with van der Waals surface area (Å²) in [5.74, 6) is 1.00. The number of nitrogens with zero attached hydrogens (tertiary/aromatic N) is 1. The first-order valence-corrected chi connectivity index (χ1v) is 8.87. The van der Waals surface area contributed by atoms with E-state index in [4.69, 9.17) is 5.73 Å². The van der Waals surface area contributed by atoms with E-state index < -0.39 is 0 Å². The molecular weight excluding hydrogens is 232 g/mol. The van der Waals surface area contributed by atoms with Crippen LogP contribution in [0.5, 0.6) is 0 Å². The van der Waals surface area contributed by atoms with Crippen LogP contribution < -0.4 is 5.73 Å². The second-order valence-corrected chi connectivity index (χ2v) is 7.21. The smallest absolute Gasteiger partial charge is 0.0250 e. The molecule has 1 aliphatic heterocycles. The molecule has 0 amide bonds. The zero-order valence-corrected chi connectivity index (χ0v) is 12.5. The Hall–Kier alpha value is -0.0800. The molecule has 110 valence electrons. The van der Waals surface area contributed by atoms with Gasteiger partial charge in [0.05, 0.1) is 0 Å². The second-order valence-electron chi connectivity index (χ2n) is 7.21. The molecule has 0 aromatic rings. The van der Waals surface area contributed by atoms with Gasteiger partial charge in [0.25, 0.3) is 0 Å². The standard InChI is InChI=1S/C17H32N2/c18-15-10-3-1-2-4-11-17(15)19-13-7-12-16(19)14-8-5-6-9-14/h14-17H,1-13,18H2. The average Bonchev–Trinajstić information content (AvgIpc) is 3.04. The van der Waals surface area contributed by atoms with Gasteiger partial charge in [-0.3, -0.25) is 4.90 Å². The Labute approximate surface area is 119 Å². The Bertz CT molecular complexity index is 272. The van der Waals surface area contributed by atoms with E-state index >= 15 is 0 Å². The molecular formula is C17H32N2. The number of nitrogens with two attached hydrogens (primary N) is 1. The SMILES string of the molecule is NC1CCCCCCC1N1CCCC1C1CCCC1.